The number of nitrogens with one attached hydrogen (secondary N) is 1. The van der Waals surface area contributed by atoms with Crippen LogP contribution in [0.1, 0.15) is 0 Å². The van der Waals surface area contributed by atoms with Crippen molar-refractivity contribution in [3.63, 3.8) is 0 Å². The Kier molecular flexibility index (Phi) is 4.05. The normalized spacial score (nSPS) is 10.3. The molecule has 2 aromatic rings. The van der Waals surface area contributed by atoms with Crippen molar-refractivity contribution in [3.05, 3.63) is 47.9 Å². The van der Waals surface area contributed by atoms with Crippen molar-refractivity contribution in [2.75, 3.05) is 0 Å². The molecule has 0 aliphatic rings. The van der Waals surface area contributed by atoms with Gasteiger partial charge in [0.2, 0.25) is 5.88 Å². The van der Waals surface area contributed by atoms with Crippen LogP contribution in [0.4, 0.5) is 0 Å². The molecular formula is C10H5BrClIN2O2. The number of halogens is 3. The molecule has 0 unspecified atom stereocenters. The summed E-state index contributed by atoms with van der Waals surface area (Å²) in [5.41, 5.74) is -0.235. The third kappa shape index (κ3) is 2.99. The zero-order valence-corrected chi connectivity index (χ0v) is 12.7. The van der Waals surface area contributed by atoms with Gasteiger partial charge in [0.15, 0.2) is 0 Å². The first-order chi connectivity index (χ1) is 8.08. The van der Waals surface area contributed by atoms with Gasteiger partial charge in [0.25, 0.3) is 5.56 Å². The van der Waals surface area contributed by atoms with E-state index in [9.17, 15) is 4.79 Å². The number of ether oxygens (including phenoxy) is 1. The second-order valence-corrected chi connectivity index (χ2v) is 5.40. The van der Waals surface area contributed by atoms with Gasteiger partial charge in [-0.15, -0.1) is 0 Å². The Morgan fingerprint density at radius 2 is 2.24 bits per heavy atom. The molecule has 4 nitrogen and oxygen atoms in total. The van der Waals surface area contributed by atoms with Crippen LogP contribution in [0.5, 0.6) is 11.6 Å². The van der Waals surface area contributed by atoms with E-state index >= 15 is 0 Å². The standard InChI is InChI=1S/C10H5BrClIN2O2/c11-6-3-5(12)1-2-7(6)17-10-8(13)9(16)14-4-15-10/h1-4H,(H,14,15,16). The quantitative estimate of drug-likeness (QED) is 0.746. The highest BCUT2D eigenvalue weighted by atomic mass is 127. The molecule has 0 spiro atoms. The molecule has 0 atom stereocenters. The van der Waals surface area contributed by atoms with Gasteiger partial charge >= 0.3 is 0 Å². The maximum atomic E-state index is 11.4. The first-order valence-corrected chi connectivity index (χ1v) is 6.69. The van der Waals surface area contributed by atoms with Gasteiger partial charge in [-0.25, -0.2) is 4.98 Å². The van der Waals surface area contributed by atoms with Gasteiger partial charge < -0.3 is 9.72 Å². The predicted molar refractivity (Wildman–Crippen MR) is 76.8 cm³/mol. The van der Waals surface area contributed by atoms with E-state index < -0.39 is 0 Å². The lowest BCUT2D eigenvalue weighted by molar-refractivity contribution is 0.453. The molecule has 1 heterocycles. The lowest BCUT2D eigenvalue weighted by Crippen LogP contribution is -2.11. The molecule has 0 bridgehead atoms. The van der Waals surface area contributed by atoms with E-state index in [1.54, 1.807) is 18.2 Å². The minimum Gasteiger partial charge on any atom is -0.436 e. The fourth-order valence-electron chi connectivity index (χ4n) is 1.10. The van der Waals surface area contributed by atoms with Gasteiger partial charge in [0, 0.05) is 5.02 Å². The Bertz CT molecular complexity index is 617. The van der Waals surface area contributed by atoms with Crippen molar-refractivity contribution >= 4 is 50.1 Å². The zero-order valence-electron chi connectivity index (χ0n) is 8.21. The molecule has 0 saturated heterocycles. The maximum Gasteiger partial charge on any atom is 0.268 e. The van der Waals surface area contributed by atoms with Gasteiger partial charge in [-0.2, -0.15) is 0 Å². The Labute approximate surface area is 124 Å². The minimum absolute atomic E-state index is 0.235. The number of nitrogens with zero attached hydrogens (tertiary/aromatic N) is 1. The molecule has 0 fully saturated rings. The van der Waals surface area contributed by atoms with Crippen LogP contribution in [0.15, 0.2) is 33.8 Å². The van der Waals surface area contributed by atoms with Crippen molar-refractivity contribution < 1.29 is 4.74 Å². The summed E-state index contributed by atoms with van der Waals surface area (Å²) in [6, 6.07) is 5.10. The first-order valence-electron chi connectivity index (χ1n) is 4.44. The molecule has 0 aliphatic carbocycles. The van der Waals surface area contributed by atoms with E-state index in [2.05, 4.69) is 25.9 Å². The summed E-state index contributed by atoms with van der Waals surface area (Å²) >= 11 is 11.0. The molecule has 1 aromatic carbocycles. The predicted octanol–water partition coefficient (Wildman–Crippen LogP) is 3.58. The van der Waals surface area contributed by atoms with Crippen LogP contribution in [0.2, 0.25) is 5.02 Å². The third-order valence-electron chi connectivity index (χ3n) is 1.87. The van der Waals surface area contributed by atoms with Gasteiger partial charge in [-0.05, 0) is 56.7 Å². The van der Waals surface area contributed by atoms with Crippen LogP contribution in [0.3, 0.4) is 0 Å². The SMILES string of the molecule is O=c1[nH]cnc(Oc2ccc(Cl)cc2Br)c1I. The van der Waals surface area contributed by atoms with Crippen LogP contribution < -0.4 is 10.3 Å². The van der Waals surface area contributed by atoms with Crippen molar-refractivity contribution in [1.82, 2.24) is 9.97 Å². The summed E-state index contributed by atoms with van der Waals surface area (Å²) in [7, 11) is 0. The number of H-pyrrole nitrogens is 1. The summed E-state index contributed by atoms with van der Waals surface area (Å²) in [4.78, 5) is 17.8. The second kappa shape index (κ2) is 5.36. The number of aromatic nitrogens is 2. The van der Waals surface area contributed by atoms with Gasteiger partial charge in [-0.1, -0.05) is 11.6 Å². The highest BCUT2D eigenvalue weighted by Crippen LogP contribution is 2.31. The smallest absolute Gasteiger partial charge is 0.268 e. The number of rotatable bonds is 2. The van der Waals surface area contributed by atoms with Crippen molar-refractivity contribution in [2.45, 2.75) is 0 Å². The molecule has 2 rings (SSSR count). The summed E-state index contributed by atoms with van der Waals surface area (Å²) in [6.45, 7) is 0. The number of hydrogen-bond donors (Lipinski definition) is 1. The van der Waals surface area contributed by atoms with E-state index in [0.717, 1.165) is 0 Å². The van der Waals surface area contributed by atoms with Crippen molar-refractivity contribution in [3.8, 4) is 11.6 Å². The average molecular weight is 427 g/mol. The molecule has 0 radical (unpaired) electrons. The summed E-state index contributed by atoms with van der Waals surface area (Å²) in [6.07, 6.45) is 1.30. The highest BCUT2D eigenvalue weighted by Gasteiger charge is 2.10. The molecule has 0 saturated carbocycles. The summed E-state index contributed by atoms with van der Waals surface area (Å²) < 4.78 is 6.62. The lowest BCUT2D eigenvalue weighted by atomic mass is 10.3. The Balaban J connectivity index is 2.38. The molecule has 17 heavy (non-hydrogen) atoms. The molecular weight excluding hydrogens is 422 g/mol. The number of hydrogen-bond acceptors (Lipinski definition) is 3. The van der Waals surface area contributed by atoms with Gasteiger partial charge in [0.1, 0.15) is 9.32 Å². The Hall–Kier alpha value is -0.600. The number of aromatic amines is 1. The fourth-order valence-corrected chi connectivity index (χ4v) is 2.27. The molecule has 88 valence electrons. The van der Waals surface area contributed by atoms with Crippen LogP contribution >= 0.6 is 50.1 Å². The monoisotopic (exact) mass is 426 g/mol. The molecule has 1 aromatic heterocycles. The summed E-state index contributed by atoms with van der Waals surface area (Å²) in [5, 5.41) is 0.595. The second-order valence-electron chi connectivity index (χ2n) is 3.03. The average Bonchev–Trinajstić information content (AvgIpc) is 2.28. The lowest BCUT2D eigenvalue weighted by Gasteiger charge is -2.07. The molecule has 1 N–H and O–H groups in total. The fraction of sp³-hybridized carbons (Fsp3) is 0. The molecule has 0 aliphatic heterocycles. The Morgan fingerprint density at radius 1 is 1.47 bits per heavy atom. The van der Waals surface area contributed by atoms with E-state index in [4.69, 9.17) is 16.3 Å². The highest BCUT2D eigenvalue weighted by molar-refractivity contribution is 14.1. The van der Waals surface area contributed by atoms with E-state index in [1.165, 1.54) is 6.33 Å². The van der Waals surface area contributed by atoms with Crippen LogP contribution in [-0.4, -0.2) is 9.97 Å². The zero-order chi connectivity index (χ0) is 12.4. The topological polar surface area (TPSA) is 55.0 Å². The Morgan fingerprint density at radius 3 is 2.94 bits per heavy atom. The van der Waals surface area contributed by atoms with E-state index in [1.807, 2.05) is 22.6 Å². The van der Waals surface area contributed by atoms with Crippen molar-refractivity contribution in [1.29, 1.82) is 0 Å². The van der Waals surface area contributed by atoms with Crippen LogP contribution in [0.25, 0.3) is 0 Å². The van der Waals surface area contributed by atoms with E-state index in [0.29, 0.717) is 18.8 Å². The maximum absolute atomic E-state index is 11.4. The number of benzene rings is 1. The molecule has 7 heteroatoms. The van der Waals surface area contributed by atoms with Crippen LogP contribution in [-0.2, 0) is 0 Å². The third-order valence-corrected chi connectivity index (χ3v) is 3.67. The van der Waals surface area contributed by atoms with Crippen LogP contribution in [0, 0.1) is 3.57 Å². The largest absolute Gasteiger partial charge is 0.436 e. The van der Waals surface area contributed by atoms with E-state index in [-0.39, 0.29) is 11.4 Å². The van der Waals surface area contributed by atoms with Gasteiger partial charge in [-0.3, -0.25) is 4.79 Å². The van der Waals surface area contributed by atoms with Gasteiger partial charge in [0.05, 0.1) is 10.8 Å². The minimum atomic E-state index is -0.235. The molecule has 0 amide bonds. The first kappa shape index (κ1) is 12.8. The van der Waals surface area contributed by atoms with Crippen molar-refractivity contribution in [2.24, 2.45) is 0 Å². The summed E-state index contributed by atoms with van der Waals surface area (Å²) in [5.74, 6) is 0.808.